The fraction of sp³-hybridized carbons (Fsp3) is 0.481. The summed E-state index contributed by atoms with van der Waals surface area (Å²) in [6, 6.07) is 19.3. The summed E-state index contributed by atoms with van der Waals surface area (Å²) in [4.78, 5) is 25.7. The van der Waals surface area contributed by atoms with E-state index in [2.05, 4.69) is 0 Å². The Morgan fingerprint density at radius 1 is 1.03 bits per heavy atom. The Morgan fingerprint density at radius 2 is 1.69 bits per heavy atom. The zero-order valence-corrected chi connectivity index (χ0v) is 20.4. The van der Waals surface area contributed by atoms with Crippen molar-refractivity contribution >= 4 is 11.9 Å². The summed E-state index contributed by atoms with van der Waals surface area (Å²) < 4.78 is 24.1. The molecule has 0 bridgehead atoms. The Balaban J connectivity index is 1.52. The van der Waals surface area contributed by atoms with Crippen LogP contribution in [0.1, 0.15) is 37.3 Å². The van der Waals surface area contributed by atoms with E-state index in [9.17, 15) is 9.59 Å². The molecule has 0 N–H and O–H groups in total. The van der Waals surface area contributed by atoms with Gasteiger partial charge in [-0.2, -0.15) is 5.01 Å². The van der Waals surface area contributed by atoms with Crippen molar-refractivity contribution in [3.05, 3.63) is 71.8 Å². The second-order valence-electron chi connectivity index (χ2n) is 8.88. The highest BCUT2D eigenvalue weighted by molar-refractivity contribution is 5.81. The van der Waals surface area contributed by atoms with E-state index in [-0.39, 0.29) is 25.0 Å². The molecule has 0 aromatic heterocycles. The Bertz CT molecular complexity index is 957. The van der Waals surface area contributed by atoms with Crippen LogP contribution in [0.5, 0.6) is 0 Å². The molecular formula is C27H34N2O6. The molecule has 2 aliphatic rings. The highest BCUT2D eigenvalue weighted by Crippen LogP contribution is 2.34. The van der Waals surface area contributed by atoms with E-state index < -0.39 is 24.4 Å². The Kier molecular flexibility index (Phi) is 8.87. The molecule has 35 heavy (non-hydrogen) atoms. The molecule has 1 amide bonds. The SMILES string of the molecule is CCCCOC(=O)[C@H]1O[C@H](COCc2ccccc2)[C@@H](OCc2ccccc2)[C@@H]2CC(=O)N(C)N12. The van der Waals surface area contributed by atoms with Gasteiger partial charge in [-0.1, -0.05) is 74.0 Å². The average molecular weight is 483 g/mol. The molecule has 8 nitrogen and oxygen atoms in total. The third kappa shape index (κ3) is 6.27. The first-order valence-corrected chi connectivity index (χ1v) is 12.2. The van der Waals surface area contributed by atoms with Gasteiger partial charge in [0.1, 0.15) is 12.2 Å². The topological polar surface area (TPSA) is 77.5 Å². The van der Waals surface area contributed by atoms with Crippen LogP contribution in [-0.2, 0) is 41.8 Å². The van der Waals surface area contributed by atoms with Crippen molar-refractivity contribution in [2.75, 3.05) is 20.3 Å². The van der Waals surface area contributed by atoms with Crippen molar-refractivity contribution < 1.29 is 28.5 Å². The number of carbonyl (C=O) groups excluding carboxylic acids is 2. The molecule has 4 rings (SSSR count). The molecule has 2 saturated heterocycles. The molecule has 0 saturated carbocycles. The minimum atomic E-state index is -1.03. The monoisotopic (exact) mass is 482 g/mol. The van der Waals surface area contributed by atoms with E-state index >= 15 is 0 Å². The summed E-state index contributed by atoms with van der Waals surface area (Å²) in [6.07, 6.45) is -0.146. The number of esters is 1. The lowest BCUT2D eigenvalue weighted by Crippen LogP contribution is -2.64. The molecule has 8 heteroatoms. The van der Waals surface area contributed by atoms with E-state index in [0.29, 0.717) is 19.8 Å². The maximum absolute atomic E-state index is 13.0. The first-order valence-electron chi connectivity index (χ1n) is 12.2. The Morgan fingerprint density at radius 3 is 2.34 bits per heavy atom. The molecule has 2 fully saturated rings. The largest absolute Gasteiger partial charge is 0.463 e. The Labute approximate surface area is 206 Å². The predicted octanol–water partition coefficient (Wildman–Crippen LogP) is 3.30. The maximum atomic E-state index is 13.0. The second kappa shape index (κ2) is 12.3. The number of amides is 1. The van der Waals surface area contributed by atoms with Gasteiger partial charge < -0.3 is 18.9 Å². The van der Waals surface area contributed by atoms with Crippen LogP contribution in [0.2, 0.25) is 0 Å². The number of ether oxygens (including phenoxy) is 4. The van der Waals surface area contributed by atoms with E-state index in [1.54, 1.807) is 12.1 Å². The summed E-state index contributed by atoms with van der Waals surface area (Å²) in [5, 5.41) is 3.12. The number of hydrazine groups is 1. The third-order valence-corrected chi connectivity index (χ3v) is 6.34. The number of fused-ring (bicyclic) bond motifs is 1. The van der Waals surface area contributed by atoms with Crippen LogP contribution in [0.25, 0.3) is 0 Å². The zero-order chi connectivity index (χ0) is 24.6. The van der Waals surface area contributed by atoms with Crippen LogP contribution in [-0.4, -0.2) is 66.6 Å². The van der Waals surface area contributed by atoms with Gasteiger partial charge in [0, 0.05) is 13.5 Å². The summed E-state index contributed by atoms with van der Waals surface area (Å²) in [7, 11) is 1.65. The van der Waals surface area contributed by atoms with E-state index in [1.165, 1.54) is 5.01 Å². The predicted molar refractivity (Wildman–Crippen MR) is 129 cm³/mol. The van der Waals surface area contributed by atoms with Gasteiger partial charge in [-0.05, 0) is 17.5 Å². The molecule has 188 valence electrons. The van der Waals surface area contributed by atoms with Crippen molar-refractivity contribution in [3.63, 3.8) is 0 Å². The van der Waals surface area contributed by atoms with Gasteiger partial charge in [0.05, 0.1) is 32.5 Å². The van der Waals surface area contributed by atoms with Crippen molar-refractivity contribution in [3.8, 4) is 0 Å². The van der Waals surface area contributed by atoms with Crippen LogP contribution in [0.3, 0.4) is 0 Å². The van der Waals surface area contributed by atoms with E-state index in [1.807, 2.05) is 67.6 Å². The first kappa shape index (κ1) is 25.3. The van der Waals surface area contributed by atoms with Crippen molar-refractivity contribution in [2.45, 2.75) is 63.9 Å². The minimum absolute atomic E-state index is 0.0934. The van der Waals surface area contributed by atoms with Gasteiger partial charge in [-0.3, -0.25) is 9.80 Å². The van der Waals surface area contributed by atoms with Gasteiger partial charge in [0.2, 0.25) is 12.1 Å². The molecule has 2 heterocycles. The van der Waals surface area contributed by atoms with Crippen molar-refractivity contribution in [1.29, 1.82) is 0 Å². The summed E-state index contributed by atoms with van der Waals surface area (Å²) in [5.74, 6) is -0.594. The lowest BCUT2D eigenvalue weighted by Gasteiger charge is -2.46. The van der Waals surface area contributed by atoms with Gasteiger partial charge in [0.15, 0.2) is 0 Å². The second-order valence-corrected chi connectivity index (χ2v) is 8.88. The fourth-order valence-corrected chi connectivity index (χ4v) is 4.45. The minimum Gasteiger partial charge on any atom is -0.463 e. The lowest BCUT2D eigenvalue weighted by atomic mass is 10.00. The lowest BCUT2D eigenvalue weighted by molar-refractivity contribution is -0.270. The molecule has 0 aliphatic carbocycles. The van der Waals surface area contributed by atoms with E-state index in [0.717, 1.165) is 24.0 Å². The standard InChI is InChI=1S/C27H34N2O6/c1-3-4-15-33-27(31)26-29-22(16-24(30)28(29)2)25(34-18-21-13-9-6-10-14-21)23(35-26)19-32-17-20-11-7-5-8-12-20/h5-14,22-23,25-26H,3-4,15-19H2,1-2H3/t22-,23+,25-,26+/m0/s1. The quantitative estimate of drug-likeness (QED) is 0.359. The van der Waals surface area contributed by atoms with Crippen molar-refractivity contribution in [1.82, 2.24) is 10.0 Å². The molecule has 4 atom stereocenters. The number of nitrogens with zero attached hydrogens (tertiary/aromatic N) is 2. The number of unbranched alkanes of at least 4 members (excludes halogenated alkanes) is 1. The van der Waals surface area contributed by atoms with E-state index in [4.69, 9.17) is 18.9 Å². The number of rotatable bonds is 11. The normalized spacial score (nSPS) is 24.4. The molecular weight excluding hydrogens is 448 g/mol. The highest BCUT2D eigenvalue weighted by atomic mass is 16.6. The number of hydrogen-bond donors (Lipinski definition) is 0. The molecule has 0 spiro atoms. The van der Waals surface area contributed by atoms with Crippen LogP contribution in [0.4, 0.5) is 0 Å². The average Bonchev–Trinajstić information content (AvgIpc) is 3.18. The van der Waals surface area contributed by atoms with Crippen LogP contribution in [0, 0.1) is 0 Å². The fourth-order valence-electron chi connectivity index (χ4n) is 4.45. The number of carbonyl (C=O) groups is 2. The maximum Gasteiger partial charge on any atom is 0.352 e. The first-order chi connectivity index (χ1) is 17.1. The van der Waals surface area contributed by atoms with Gasteiger partial charge >= 0.3 is 5.97 Å². The number of benzene rings is 2. The molecule has 2 aliphatic heterocycles. The smallest absolute Gasteiger partial charge is 0.352 e. The Hall–Kier alpha value is -2.78. The van der Waals surface area contributed by atoms with Crippen LogP contribution in [0.15, 0.2) is 60.7 Å². The van der Waals surface area contributed by atoms with Crippen LogP contribution >= 0.6 is 0 Å². The summed E-state index contributed by atoms with van der Waals surface area (Å²) in [6.45, 7) is 3.33. The summed E-state index contributed by atoms with van der Waals surface area (Å²) in [5.41, 5.74) is 2.06. The molecule has 2 aromatic carbocycles. The van der Waals surface area contributed by atoms with Gasteiger partial charge in [0.25, 0.3) is 0 Å². The molecule has 0 unspecified atom stereocenters. The number of hydrogen-bond acceptors (Lipinski definition) is 7. The molecule has 2 aromatic rings. The third-order valence-electron chi connectivity index (χ3n) is 6.34. The molecule has 0 radical (unpaired) electrons. The summed E-state index contributed by atoms with van der Waals surface area (Å²) >= 11 is 0. The van der Waals surface area contributed by atoms with Gasteiger partial charge in [-0.25, -0.2) is 4.79 Å². The van der Waals surface area contributed by atoms with Crippen LogP contribution < -0.4 is 0 Å². The highest BCUT2D eigenvalue weighted by Gasteiger charge is 2.54. The van der Waals surface area contributed by atoms with Crippen molar-refractivity contribution in [2.24, 2.45) is 0 Å². The zero-order valence-electron chi connectivity index (χ0n) is 20.4. The van der Waals surface area contributed by atoms with Gasteiger partial charge in [-0.15, -0.1) is 0 Å².